The van der Waals surface area contributed by atoms with Gasteiger partial charge in [0.1, 0.15) is 5.69 Å². The minimum Gasteiger partial charge on any atom is -0.344 e. The number of hydrazine groups is 1. The van der Waals surface area contributed by atoms with E-state index in [1.54, 1.807) is 30.3 Å². The quantitative estimate of drug-likeness (QED) is 0.596. The summed E-state index contributed by atoms with van der Waals surface area (Å²) in [7, 11) is 0. The zero-order valence-electron chi connectivity index (χ0n) is 11.2. The minimum atomic E-state index is -0.314. The van der Waals surface area contributed by atoms with Crippen molar-refractivity contribution in [1.29, 1.82) is 0 Å². The summed E-state index contributed by atoms with van der Waals surface area (Å²) in [5.41, 5.74) is 4.12. The molecule has 0 aliphatic heterocycles. The Morgan fingerprint density at radius 3 is 2.71 bits per heavy atom. The van der Waals surface area contributed by atoms with Gasteiger partial charge in [-0.15, -0.1) is 0 Å². The highest BCUT2D eigenvalue weighted by Gasteiger charge is 2.15. The lowest BCUT2D eigenvalue weighted by atomic mass is 10.1. The number of amides is 1. The standard InChI is InChI=1S/C14H14Cl2N4O/c1-8(11-3-2-9(15)6-12(11)16)19-14(21)13-7-10(20-17)4-5-18-13/h2-8H,17H2,1H3,(H,18,20)(H,19,21). The first-order valence-corrected chi connectivity index (χ1v) is 6.95. The number of carbonyl (C=O) groups excluding carboxylic acids is 1. The number of nitrogen functional groups attached to an aromatic ring is 1. The molecule has 1 heterocycles. The lowest BCUT2D eigenvalue weighted by molar-refractivity contribution is 0.0935. The Morgan fingerprint density at radius 1 is 1.29 bits per heavy atom. The van der Waals surface area contributed by atoms with Gasteiger partial charge in [0.05, 0.1) is 11.7 Å². The Bertz CT molecular complexity index is 663. The van der Waals surface area contributed by atoms with Crippen molar-refractivity contribution in [2.24, 2.45) is 5.84 Å². The number of aromatic nitrogens is 1. The van der Waals surface area contributed by atoms with E-state index in [4.69, 9.17) is 29.0 Å². The van der Waals surface area contributed by atoms with Crippen molar-refractivity contribution in [3.63, 3.8) is 0 Å². The molecule has 0 fully saturated rings. The van der Waals surface area contributed by atoms with Crippen molar-refractivity contribution in [1.82, 2.24) is 10.3 Å². The van der Waals surface area contributed by atoms with Crippen molar-refractivity contribution in [2.75, 3.05) is 5.43 Å². The summed E-state index contributed by atoms with van der Waals surface area (Å²) in [5, 5.41) is 3.87. The average molecular weight is 325 g/mol. The van der Waals surface area contributed by atoms with Crippen LogP contribution in [0, 0.1) is 0 Å². The second-order valence-corrected chi connectivity index (χ2v) is 5.28. The second kappa shape index (κ2) is 6.76. The van der Waals surface area contributed by atoms with E-state index in [0.29, 0.717) is 15.7 Å². The Balaban J connectivity index is 2.14. The van der Waals surface area contributed by atoms with Crippen LogP contribution in [0.25, 0.3) is 0 Å². The van der Waals surface area contributed by atoms with Crippen LogP contribution in [0.15, 0.2) is 36.5 Å². The smallest absolute Gasteiger partial charge is 0.270 e. The van der Waals surface area contributed by atoms with Gasteiger partial charge in [0.15, 0.2) is 0 Å². The Morgan fingerprint density at radius 2 is 2.05 bits per heavy atom. The highest BCUT2D eigenvalue weighted by molar-refractivity contribution is 6.35. The molecule has 0 radical (unpaired) electrons. The molecule has 0 spiro atoms. The molecule has 0 saturated carbocycles. The van der Waals surface area contributed by atoms with E-state index < -0.39 is 0 Å². The summed E-state index contributed by atoms with van der Waals surface area (Å²) in [6.07, 6.45) is 1.50. The largest absolute Gasteiger partial charge is 0.344 e. The molecule has 0 aliphatic rings. The van der Waals surface area contributed by atoms with E-state index in [2.05, 4.69) is 15.7 Å². The van der Waals surface area contributed by atoms with Crippen LogP contribution < -0.4 is 16.6 Å². The lowest BCUT2D eigenvalue weighted by Gasteiger charge is -2.16. The number of benzene rings is 1. The SMILES string of the molecule is CC(NC(=O)c1cc(NN)ccn1)c1ccc(Cl)cc1Cl. The van der Waals surface area contributed by atoms with Crippen LogP contribution in [0.4, 0.5) is 5.69 Å². The van der Waals surface area contributed by atoms with Gasteiger partial charge in [-0.05, 0) is 36.8 Å². The Labute approximate surface area is 132 Å². The number of hydrogen-bond acceptors (Lipinski definition) is 4. The molecule has 7 heteroatoms. The predicted octanol–water partition coefficient (Wildman–Crippen LogP) is 3.17. The molecular formula is C14H14Cl2N4O. The highest BCUT2D eigenvalue weighted by atomic mass is 35.5. The molecule has 2 aromatic rings. The average Bonchev–Trinajstić information content (AvgIpc) is 2.47. The molecule has 4 N–H and O–H groups in total. The van der Waals surface area contributed by atoms with E-state index in [0.717, 1.165) is 5.56 Å². The number of pyridine rings is 1. The molecule has 1 unspecified atom stereocenters. The van der Waals surface area contributed by atoms with Crippen LogP contribution >= 0.6 is 23.2 Å². The van der Waals surface area contributed by atoms with Gasteiger partial charge in [-0.3, -0.25) is 15.6 Å². The topological polar surface area (TPSA) is 80.0 Å². The zero-order chi connectivity index (χ0) is 15.4. The van der Waals surface area contributed by atoms with Crippen molar-refractivity contribution in [3.05, 3.63) is 57.8 Å². The molecule has 1 aromatic carbocycles. The summed E-state index contributed by atoms with van der Waals surface area (Å²) in [4.78, 5) is 16.2. The molecule has 5 nitrogen and oxygen atoms in total. The molecule has 21 heavy (non-hydrogen) atoms. The van der Waals surface area contributed by atoms with Gasteiger partial charge in [-0.1, -0.05) is 29.3 Å². The van der Waals surface area contributed by atoms with Gasteiger partial charge in [0, 0.05) is 16.2 Å². The first kappa shape index (κ1) is 15.6. The van der Waals surface area contributed by atoms with Gasteiger partial charge in [-0.25, -0.2) is 0 Å². The monoisotopic (exact) mass is 324 g/mol. The van der Waals surface area contributed by atoms with Crippen LogP contribution in [-0.4, -0.2) is 10.9 Å². The summed E-state index contributed by atoms with van der Waals surface area (Å²) in [6, 6.07) is 8.09. The predicted molar refractivity (Wildman–Crippen MR) is 84.4 cm³/mol. The molecule has 1 atom stereocenters. The Hall–Kier alpha value is -1.82. The van der Waals surface area contributed by atoms with E-state index >= 15 is 0 Å². The van der Waals surface area contributed by atoms with Gasteiger partial charge in [0.25, 0.3) is 5.91 Å². The van der Waals surface area contributed by atoms with Crippen molar-refractivity contribution < 1.29 is 4.79 Å². The summed E-state index contributed by atoms with van der Waals surface area (Å²) in [6.45, 7) is 1.83. The van der Waals surface area contributed by atoms with E-state index in [9.17, 15) is 4.79 Å². The molecule has 110 valence electrons. The number of hydrogen-bond donors (Lipinski definition) is 3. The number of carbonyl (C=O) groups is 1. The summed E-state index contributed by atoms with van der Waals surface area (Å²) < 4.78 is 0. The fourth-order valence-corrected chi connectivity index (χ4v) is 2.42. The van der Waals surface area contributed by atoms with E-state index in [-0.39, 0.29) is 17.6 Å². The van der Waals surface area contributed by atoms with Crippen molar-refractivity contribution >= 4 is 34.8 Å². The molecule has 1 amide bonds. The number of halogens is 2. The number of nitrogens with zero attached hydrogens (tertiary/aromatic N) is 1. The fourth-order valence-electron chi connectivity index (χ4n) is 1.85. The van der Waals surface area contributed by atoms with Gasteiger partial charge in [-0.2, -0.15) is 0 Å². The third kappa shape index (κ3) is 3.85. The third-order valence-corrected chi connectivity index (χ3v) is 3.50. The maximum absolute atomic E-state index is 12.2. The van der Waals surface area contributed by atoms with E-state index in [1.165, 1.54) is 6.20 Å². The molecule has 1 aromatic heterocycles. The number of anilines is 1. The normalized spacial score (nSPS) is 11.8. The summed E-state index contributed by atoms with van der Waals surface area (Å²) >= 11 is 12.0. The first-order valence-electron chi connectivity index (χ1n) is 6.19. The van der Waals surface area contributed by atoms with Gasteiger partial charge < -0.3 is 10.7 Å². The van der Waals surface area contributed by atoms with Crippen LogP contribution in [0.3, 0.4) is 0 Å². The number of rotatable bonds is 4. The molecular weight excluding hydrogens is 311 g/mol. The van der Waals surface area contributed by atoms with Crippen LogP contribution in [0.1, 0.15) is 29.0 Å². The van der Waals surface area contributed by atoms with Crippen molar-refractivity contribution in [2.45, 2.75) is 13.0 Å². The first-order chi connectivity index (χ1) is 10.0. The fraction of sp³-hybridized carbons (Fsp3) is 0.143. The molecule has 0 saturated heterocycles. The van der Waals surface area contributed by atoms with Crippen LogP contribution in [-0.2, 0) is 0 Å². The molecule has 0 bridgehead atoms. The van der Waals surface area contributed by atoms with E-state index in [1.807, 2.05) is 6.92 Å². The van der Waals surface area contributed by atoms with Crippen LogP contribution in [0.5, 0.6) is 0 Å². The van der Waals surface area contributed by atoms with Gasteiger partial charge in [0.2, 0.25) is 0 Å². The van der Waals surface area contributed by atoms with Crippen LogP contribution in [0.2, 0.25) is 10.0 Å². The second-order valence-electron chi connectivity index (χ2n) is 4.44. The zero-order valence-corrected chi connectivity index (χ0v) is 12.7. The molecule has 2 rings (SSSR count). The number of nitrogens with one attached hydrogen (secondary N) is 2. The lowest BCUT2D eigenvalue weighted by Crippen LogP contribution is -2.27. The molecule has 0 aliphatic carbocycles. The number of nitrogens with two attached hydrogens (primary N) is 1. The van der Waals surface area contributed by atoms with Crippen molar-refractivity contribution in [3.8, 4) is 0 Å². The van der Waals surface area contributed by atoms with Gasteiger partial charge >= 0.3 is 0 Å². The Kier molecular flexibility index (Phi) is 5.01. The summed E-state index contributed by atoms with van der Waals surface area (Å²) in [5.74, 6) is 4.99. The maximum Gasteiger partial charge on any atom is 0.270 e. The third-order valence-electron chi connectivity index (χ3n) is 2.94. The minimum absolute atomic E-state index is 0.266. The maximum atomic E-state index is 12.2. The highest BCUT2D eigenvalue weighted by Crippen LogP contribution is 2.26.